The normalized spacial score (nSPS) is 29.0. The minimum Gasteiger partial charge on any atom is -0.387 e. The van der Waals surface area contributed by atoms with Gasteiger partial charge in [-0.3, -0.25) is 9.12 Å². The van der Waals surface area contributed by atoms with Gasteiger partial charge in [0.25, 0.3) is 0 Å². The molecule has 0 bridgehead atoms. The van der Waals surface area contributed by atoms with Gasteiger partial charge in [-0.1, -0.05) is 12.8 Å². The number of rotatable bonds is 6. The Morgan fingerprint density at radius 2 is 1.96 bits per heavy atom. The molecule has 2 fully saturated rings. The summed E-state index contributed by atoms with van der Waals surface area (Å²) in [5.41, 5.74) is 0.889. The number of ether oxygens (including phenoxy) is 1. The first-order valence-corrected chi connectivity index (χ1v) is 10.3. The van der Waals surface area contributed by atoms with Crippen LogP contribution in [0.25, 0.3) is 11.2 Å². The number of fused-ring (bicyclic) bond motifs is 1. The number of hydrogen-bond acceptors (Lipinski definition) is 10. The molecule has 0 aromatic carbocycles. The van der Waals surface area contributed by atoms with Gasteiger partial charge in [-0.25, -0.2) is 19.1 Å². The average molecular weight is 415 g/mol. The maximum Gasteiger partial charge on any atom is 0.397 e. The second kappa shape index (κ2) is 7.50. The molecule has 1 aliphatic heterocycles. The van der Waals surface area contributed by atoms with E-state index in [2.05, 4.69) is 24.5 Å². The quantitative estimate of drug-likeness (QED) is 0.454. The number of imidazole rings is 1. The van der Waals surface area contributed by atoms with Gasteiger partial charge in [-0.2, -0.15) is 8.42 Å². The van der Waals surface area contributed by atoms with E-state index in [1.165, 1.54) is 17.2 Å². The van der Waals surface area contributed by atoms with Gasteiger partial charge >= 0.3 is 10.4 Å². The van der Waals surface area contributed by atoms with Crippen LogP contribution in [-0.4, -0.2) is 73.7 Å². The lowest BCUT2D eigenvalue weighted by atomic mass is 10.1. The molecule has 1 saturated heterocycles. The van der Waals surface area contributed by atoms with Crippen LogP contribution >= 0.6 is 0 Å². The van der Waals surface area contributed by atoms with E-state index in [1.807, 2.05) is 0 Å². The van der Waals surface area contributed by atoms with E-state index < -0.39 is 41.5 Å². The molecule has 4 rings (SSSR count). The maximum atomic E-state index is 10.7. The van der Waals surface area contributed by atoms with E-state index in [9.17, 15) is 18.6 Å². The Hall–Kier alpha value is -1.90. The van der Waals surface area contributed by atoms with Crippen LogP contribution in [0.2, 0.25) is 0 Å². The summed E-state index contributed by atoms with van der Waals surface area (Å²) >= 11 is 0. The minimum atomic E-state index is -4.70. The van der Waals surface area contributed by atoms with Gasteiger partial charge in [0.15, 0.2) is 23.2 Å². The second-order valence-electron chi connectivity index (χ2n) is 6.93. The molecule has 1 aliphatic carbocycles. The molecule has 13 heteroatoms. The SMILES string of the molecule is O=S(=O)(O)OC[C@H]1O[C@@H](n2cnc3c(NC4CCCC4)ncnc32)[C@H](O)[C@H]1O. The number of anilines is 1. The molecule has 4 N–H and O–H groups in total. The lowest BCUT2D eigenvalue weighted by molar-refractivity contribution is -0.0478. The van der Waals surface area contributed by atoms with Crippen LogP contribution < -0.4 is 5.32 Å². The van der Waals surface area contributed by atoms with Crippen molar-refractivity contribution in [3.8, 4) is 0 Å². The van der Waals surface area contributed by atoms with Crippen LogP contribution in [0.15, 0.2) is 12.7 Å². The van der Waals surface area contributed by atoms with E-state index in [-0.39, 0.29) is 0 Å². The minimum absolute atomic E-state index is 0.320. The van der Waals surface area contributed by atoms with Crippen LogP contribution in [0.5, 0.6) is 0 Å². The predicted molar refractivity (Wildman–Crippen MR) is 94.6 cm³/mol. The first kappa shape index (κ1) is 19.4. The van der Waals surface area contributed by atoms with Crippen molar-refractivity contribution in [3.05, 3.63) is 12.7 Å². The first-order valence-electron chi connectivity index (χ1n) is 8.91. The highest BCUT2D eigenvalue weighted by atomic mass is 32.3. The molecule has 0 spiro atoms. The summed E-state index contributed by atoms with van der Waals surface area (Å²) in [5.74, 6) is 0.579. The molecule has 2 aliphatic rings. The van der Waals surface area contributed by atoms with Gasteiger partial charge in [-0.05, 0) is 12.8 Å². The number of hydrogen-bond donors (Lipinski definition) is 4. The fraction of sp³-hybridized carbons (Fsp3) is 0.667. The van der Waals surface area contributed by atoms with Crippen molar-refractivity contribution in [2.75, 3.05) is 11.9 Å². The smallest absolute Gasteiger partial charge is 0.387 e. The molecule has 28 heavy (non-hydrogen) atoms. The molecule has 0 unspecified atom stereocenters. The average Bonchev–Trinajstić information content (AvgIpc) is 3.35. The van der Waals surface area contributed by atoms with Crippen LogP contribution in [0.3, 0.4) is 0 Å². The van der Waals surface area contributed by atoms with Crippen LogP contribution in [0.4, 0.5) is 5.82 Å². The highest BCUT2D eigenvalue weighted by Crippen LogP contribution is 2.33. The van der Waals surface area contributed by atoms with Crippen molar-refractivity contribution < 1.29 is 32.1 Å². The predicted octanol–water partition coefficient (Wildman–Crippen LogP) is -0.381. The van der Waals surface area contributed by atoms with Gasteiger partial charge in [0.2, 0.25) is 0 Å². The molecule has 1 saturated carbocycles. The highest BCUT2D eigenvalue weighted by Gasteiger charge is 2.45. The first-order chi connectivity index (χ1) is 13.3. The lowest BCUT2D eigenvalue weighted by Gasteiger charge is -2.17. The number of nitrogens with zero attached hydrogens (tertiary/aromatic N) is 4. The zero-order valence-electron chi connectivity index (χ0n) is 14.7. The third kappa shape index (κ3) is 3.81. The van der Waals surface area contributed by atoms with Gasteiger partial charge in [0.05, 0.1) is 12.9 Å². The molecular formula is C15H21N5O7S. The summed E-state index contributed by atoms with van der Waals surface area (Å²) in [5, 5.41) is 23.8. The Morgan fingerprint density at radius 1 is 1.21 bits per heavy atom. The van der Waals surface area contributed by atoms with Crippen molar-refractivity contribution in [1.29, 1.82) is 0 Å². The molecule has 0 radical (unpaired) electrons. The fourth-order valence-corrected chi connectivity index (χ4v) is 3.96. The second-order valence-corrected chi connectivity index (χ2v) is 8.02. The number of aromatic nitrogens is 4. The van der Waals surface area contributed by atoms with Crippen LogP contribution in [0, 0.1) is 0 Å². The van der Waals surface area contributed by atoms with Crippen LogP contribution in [-0.2, 0) is 19.3 Å². The molecule has 0 amide bonds. The standard InChI is InChI=1S/C15H21N5O7S/c21-11-9(5-26-28(23,24)25)27-15(12(11)22)20-7-18-10-13(16-6-17-14(10)20)19-8-3-1-2-4-8/h6-9,11-12,15,21-22H,1-5H2,(H,16,17,19)(H,23,24,25)/t9-,11+,12-,15-/m1/s1. The molecule has 3 heterocycles. The summed E-state index contributed by atoms with van der Waals surface area (Å²) in [6.07, 6.45) is 2.16. The summed E-state index contributed by atoms with van der Waals surface area (Å²) in [6, 6.07) is 0.320. The molecule has 2 aromatic heterocycles. The molecule has 4 atom stereocenters. The number of aliphatic hydroxyl groups excluding tert-OH is 2. The Kier molecular flexibility index (Phi) is 5.20. The van der Waals surface area contributed by atoms with E-state index in [1.54, 1.807) is 0 Å². The van der Waals surface area contributed by atoms with Crippen molar-refractivity contribution in [1.82, 2.24) is 19.5 Å². The third-order valence-electron chi connectivity index (χ3n) is 5.05. The van der Waals surface area contributed by atoms with E-state index in [0.29, 0.717) is 23.0 Å². The van der Waals surface area contributed by atoms with E-state index in [0.717, 1.165) is 25.7 Å². The van der Waals surface area contributed by atoms with E-state index >= 15 is 0 Å². The summed E-state index contributed by atoms with van der Waals surface area (Å²) in [6.45, 7) is -0.649. The Bertz CT molecular complexity index is 945. The summed E-state index contributed by atoms with van der Waals surface area (Å²) < 4.78 is 41.4. The summed E-state index contributed by atoms with van der Waals surface area (Å²) in [7, 11) is -4.70. The zero-order chi connectivity index (χ0) is 19.9. The molecular weight excluding hydrogens is 394 g/mol. The van der Waals surface area contributed by atoms with Crippen molar-refractivity contribution in [3.63, 3.8) is 0 Å². The molecule has 2 aromatic rings. The maximum absolute atomic E-state index is 10.7. The lowest BCUT2D eigenvalue weighted by Crippen LogP contribution is -2.34. The Labute approximate surface area is 160 Å². The van der Waals surface area contributed by atoms with Gasteiger partial charge in [0, 0.05) is 6.04 Å². The largest absolute Gasteiger partial charge is 0.397 e. The van der Waals surface area contributed by atoms with Crippen molar-refractivity contribution in [2.45, 2.75) is 56.3 Å². The fourth-order valence-electron chi connectivity index (χ4n) is 3.66. The monoisotopic (exact) mass is 415 g/mol. The Morgan fingerprint density at radius 3 is 2.68 bits per heavy atom. The topological polar surface area (TPSA) is 169 Å². The molecule has 12 nitrogen and oxygen atoms in total. The highest BCUT2D eigenvalue weighted by molar-refractivity contribution is 7.80. The van der Waals surface area contributed by atoms with E-state index in [4.69, 9.17) is 9.29 Å². The van der Waals surface area contributed by atoms with Gasteiger partial charge in [-0.15, -0.1) is 0 Å². The number of aliphatic hydroxyl groups is 2. The Balaban J connectivity index is 1.57. The van der Waals surface area contributed by atoms with Crippen LogP contribution in [0.1, 0.15) is 31.9 Å². The molecule has 154 valence electrons. The van der Waals surface area contributed by atoms with Crippen molar-refractivity contribution >= 4 is 27.4 Å². The van der Waals surface area contributed by atoms with Gasteiger partial charge < -0.3 is 20.3 Å². The third-order valence-corrected chi connectivity index (χ3v) is 5.48. The number of nitrogens with one attached hydrogen (secondary N) is 1. The van der Waals surface area contributed by atoms with Gasteiger partial charge in [0.1, 0.15) is 24.6 Å². The summed E-state index contributed by atoms with van der Waals surface area (Å²) in [4.78, 5) is 12.8. The zero-order valence-corrected chi connectivity index (χ0v) is 15.6. The van der Waals surface area contributed by atoms with Crippen molar-refractivity contribution in [2.24, 2.45) is 0 Å².